The van der Waals surface area contributed by atoms with E-state index in [4.69, 9.17) is 0 Å². The van der Waals surface area contributed by atoms with Gasteiger partial charge in [-0.05, 0) is 5.56 Å². The molecule has 1 aromatic carbocycles. The number of nitroso groups, excluding NO2 is 1. The van der Waals surface area contributed by atoms with Gasteiger partial charge in [-0.2, -0.15) is 0 Å². The summed E-state index contributed by atoms with van der Waals surface area (Å²) in [5.41, 5.74) is 0.576. The maximum atomic E-state index is 10.5. The Morgan fingerprint density at radius 3 is 2.36 bits per heavy atom. The number of hydrogen-bond acceptors (Lipinski definition) is 4. The summed E-state index contributed by atoms with van der Waals surface area (Å²) in [5, 5.41) is 13.3. The van der Waals surface area contributed by atoms with Crippen LogP contribution in [0.3, 0.4) is 0 Å². The largest absolute Gasteiger partial charge is 0.264 e. The summed E-state index contributed by atoms with van der Waals surface area (Å²) < 4.78 is 0. The van der Waals surface area contributed by atoms with Gasteiger partial charge in [0.15, 0.2) is 6.04 Å². The summed E-state index contributed by atoms with van der Waals surface area (Å²) in [6.07, 6.45) is 0. The van der Waals surface area contributed by atoms with Gasteiger partial charge in [0, 0.05) is 11.8 Å². The number of rotatable bonds is 4. The van der Waals surface area contributed by atoms with Crippen molar-refractivity contribution in [3.05, 3.63) is 50.9 Å². The second-order valence-electron chi connectivity index (χ2n) is 2.99. The number of benzene rings is 1. The first kappa shape index (κ1) is 10.3. The van der Waals surface area contributed by atoms with Crippen molar-refractivity contribution in [2.45, 2.75) is 19.0 Å². The van der Waals surface area contributed by atoms with Crippen LogP contribution in [0.2, 0.25) is 0 Å². The SMILES string of the molecule is CC(C(N=O)c1ccccc1)[N+](=O)[O-]. The van der Waals surface area contributed by atoms with E-state index in [0.29, 0.717) is 5.56 Å². The normalized spacial score (nSPS) is 14.4. The first-order chi connectivity index (χ1) is 6.66. The first-order valence-electron chi connectivity index (χ1n) is 4.17. The lowest BCUT2D eigenvalue weighted by molar-refractivity contribution is -0.522. The molecular weight excluding hydrogens is 184 g/mol. The summed E-state index contributed by atoms with van der Waals surface area (Å²) in [7, 11) is 0. The van der Waals surface area contributed by atoms with Gasteiger partial charge in [-0.15, -0.1) is 4.91 Å². The minimum atomic E-state index is -0.991. The predicted molar refractivity (Wildman–Crippen MR) is 51.4 cm³/mol. The van der Waals surface area contributed by atoms with Gasteiger partial charge in [-0.25, -0.2) is 0 Å². The van der Waals surface area contributed by atoms with Crippen molar-refractivity contribution >= 4 is 0 Å². The topological polar surface area (TPSA) is 72.6 Å². The van der Waals surface area contributed by atoms with Gasteiger partial charge in [0.2, 0.25) is 6.04 Å². The molecule has 0 aliphatic heterocycles. The molecule has 0 saturated heterocycles. The van der Waals surface area contributed by atoms with E-state index in [1.54, 1.807) is 30.3 Å². The van der Waals surface area contributed by atoms with Crippen molar-refractivity contribution in [2.75, 3.05) is 0 Å². The van der Waals surface area contributed by atoms with Crippen LogP contribution in [0.15, 0.2) is 35.5 Å². The lowest BCUT2D eigenvalue weighted by atomic mass is 10.0. The molecule has 0 aliphatic carbocycles. The molecule has 0 heterocycles. The third-order valence-corrected chi connectivity index (χ3v) is 2.04. The van der Waals surface area contributed by atoms with Crippen LogP contribution in [0.5, 0.6) is 0 Å². The zero-order valence-electron chi connectivity index (χ0n) is 7.66. The highest BCUT2D eigenvalue weighted by molar-refractivity contribution is 5.19. The van der Waals surface area contributed by atoms with Crippen molar-refractivity contribution in [3.8, 4) is 0 Å². The van der Waals surface area contributed by atoms with Crippen LogP contribution in [0.1, 0.15) is 18.5 Å². The Morgan fingerprint density at radius 2 is 1.93 bits per heavy atom. The Morgan fingerprint density at radius 1 is 1.36 bits per heavy atom. The fourth-order valence-electron chi connectivity index (χ4n) is 1.19. The van der Waals surface area contributed by atoms with Gasteiger partial charge in [0.05, 0.1) is 0 Å². The Balaban J connectivity index is 2.93. The summed E-state index contributed by atoms with van der Waals surface area (Å²) in [5.74, 6) is 0. The Hall–Kier alpha value is -1.78. The van der Waals surface area contributed by atoms with Crippen molar-refractivity contribution in [1.29, 1.82) is 0 Å². The molecule has 0 spiro atoms. The van der Waals surface area contributed by atoms with Gasteiger partial charge in [0.1, 0.15) is 0 Å². The lowest BCUT2D eigenvalue weighted by Gasteiger charge is -2.10. The zero-order chi connectivity index (χ0) is 10.6. The van der Waals surface area contributed by atoms with Crippen molar-refractivity contribution in [2.24, 2.45) is 5.18 Å². The van der Waals surface area contributed by atoms with E-state index in [-0.39, 0.29) is 0 Å². The van der Waals surface area contributed by atoms with Gasteiger partial charge in [0.25, 0.3) is 0 Å². The average molecular weight is 194 g/mol. The smallest absolute Gasteiger partial charge is 0.240 e. The molecule has 0 aromatic heterocycles. The Labute approximate surface area is 80.9 Å². The molecule has 0 fully saturated rings. The first-order valence-corrected chi connectivity index (χ1v) is 4.17. The summed E-state index contributed by atoms with van der Waals surface area (Å²) in [6.45, 7) is 1.37. The molecule has 14 heavy (non-hydrogen) atoms. The molecule has 2 atom stereocenters. The molecule has 2 unspecified atom stereocenters. The molecule has 74 valence electrons. The Kier molecular flexibility index (Phi) is 3.28. The van der Waals surface area contributed by atoms with Crippen LogP contribution in [0.25, 0.3) is 0 Å². The molecule has 0 bridgehead atoms. The molecule has 1 rings (SSSR count). The van der Waals surface area contributed by atoms with E-state index in [1.807, 2.05) is 0 Å². The number of nitro groups is 1. The van der Waals surface area contributed by atoms with Gasteiger partial charge in [-0.1, -0.05) is 35.5 Å². The van der Waals surface area contributed by atoms with Crippen molar-refractivity contribution in [1.82, 2.24) is 0 Å². The molecule has 0 aliphatic rings. The third kappa shape index (κ3) is 2.12. The van der Waals surface area contributed by atoms with Crippen molar-refractivity contribution in [3.63, 3.8) is 0 Å². The van der Waals surface area contributed by atoms with E-state index >= 15 is 0 Å². The molecular formula is C9H10N2O3. The molecule has 5 nitrogen and oxygen atoms in total. The van der Waals surface area contributed by atoms with Crippen LogP contribution in [0, 0.1) is 15.0 Å². The maximum Gasteiger partial charge on any atom is 0.240 e. The molecule has 0 saturated carbocycles. The van der Waals surface area contributed by atoms with Crippen LogP contribution in [0.4, 0.5) is 0 Å². The van der Waals surface area contributed by atoms with Crippen LogP contribution >= 0.6 is 0 Å². The molecule has 5 heteroatoms. The quantitative estimate of drug-likeness (QED) is 0.418. The predicted octanol–water partition coefficient (Wildman–Crippen LogP) is 2.16. The minimum Gasteiger partial charge on any atom is -0.264 e. The average Bonchev–Trinajstić information content (AvgIpc) is 2.20. The zero-order valence-corrected chi connectivity index (χ0v) is 7.66. The van der Waals surface area contributed by atoms with E-state index in [0.717, 1.165) is 0 Å². The second-order valence-corrected chi connectivity index (χ2v) is 2.99. The second kappa shape index (κ2) is 4.45. The van der Waals surface area contributed by atoms with Crippen LogP contribution in [-0.2, 0) is 0 Å². The molecule has 1 aromatic rings. The van der Waals surface area contributed by atoms with Crippen LogP contribution < -0.4 is 0 Å². The number of nitrogens with zero attached hydrogens (tertiary/aromatic N) is 2. The fourth-order valence-corrected chi connectivity index (χ4v) is 1.19. The van der Waals surface area contributed by atoms with Crippen LogP contribution in [-0.4, -0.2) is 11.0 Å². The molecule has 0 radical (unpaired) electrons. The van der Waals surface area contributed by atoms with Gasteiger partial charge >= 0.3 is 0 Å². The standard InChI is InChI=1S/C9H10N2O3/c1-7(11(13)14)9(10-12)8-5-3-2-4-6-8/h2-7,9H,1H3. The fraction of sp³-hybridized carbons (Fsp3) is 0.333. The summed E-state index contributed by atoms with van der Waals surface area (Å²) in [6, 6.07) is 6.64. The highest BCUT2D eigenvalue weighted by Gasteiger charge is 2.28. The maximum absolute atomic E-state index is 10.5. The van der Waals surface area contributed by atoms with E-state index < -0.39 is 17.0 Å². The lowest BCUT2D eigenvalue weighted by Crippen LogP contribution is -2.22. The summed E-state index contributed by atoms with van der Waals surface area (Å²) >= 11 is 0. The monoisotopic (exact) mass is 194 g/mol. The highest BCUT2D eigenvalue weighted by Crippen LogP contribution is 2.22. The number of hydrogen-bond donors (Lipinski definition) is 0. The highest BCUT2D eigenvalue weighted by atomic mass is 16.6. The van der Waals surface area contributed by atoms with Gasteiger partial charge in [-0.3, -0.25) is 10.1 Å². The van der Waals surface area contributed by atoms with Gasteiger partial charge < -0.3 is 0 Å². The van der Waals surface area contributed by atoms with E-state index in [2.05, 4.69) is 5.18 Å². The van der Waals surface area contributed by atoms with Crippen molar-refractivity contribution < 1.29 is 4.92 Å². The minimum absolute atomic E-state index is 0.501. The van der Waals surface area contributed by atoms with E-state index in [9.17, 15) is 15.0 Å². The molecule has 0 N–H and O–H groups in total. The Bertz CT molecular complexity index is 326. The molecule has 0 amide bonds. The van der Waals surface area contributed by atoms with E-state index in [1.165, 1.54) is 6.92 Å². The third-order valence-electron chi connectivity index (χ3n) is 2.04. The summed E-state index contributed by atoms with van der Waals surface area (Å²) in [4.78, 5) is 20.5.